The van der Waals surface area contributed by atoms with Gasteiger partial charge in [-0.05, 0) is 48.6 Å². The number of para-hydroxylation sites is 1. The van der Waals surface area contributed by atoms with Gasteiger partial charge in [0.05, 0.1) is 0 Å². The van der Waals surface area contributed by atoms with Crippen LogP contribution in [0.4, 0.5) is 5.82 Å². The van der Waals surface area contributed by atoms with Crippen LogP contribution in [0, 0.1) is 17.2 Å². The minimum absolute atomic E-state index is 0.00242. The number of amides is 1. The molecule has 1 fully saturated rings. The summed E-state index contributed by atoms with van der Waals surface area (Å²) in [6.45, 7) is 5.53. The van der Waals surface area contributed by atoms with Crippen molar-refractivity contribution in [2.24, 2.45) is 5.92 Å². The predicted molar refractivity (Wildman–Crippen MR) is 127 cm³/mol. The molecule has 0 unspecified atom stereocenters. The topological polar surface area (TPSA) is 91.1 Å². The van der Waals surface area contributed by atoms with E-state index in [1.54, 1.807) is 11.1 Å². The molecular weight excluding hydrogens is 414 g/mol. The number of piperidine rings is 1. The lowest BCUT2D eigenvalue weighted by molar-refractivity contribution is -0.127. The minimum atomic E-state index is -0.262. The molecule has 0 saturated carbocycles. The quantitative estimate of drug-likeness (QED) is 0.425. The second-order valence-corrected chi connectivity index (χ2v) is 7.93. The van der Waals surface area contributed by atoms with Crippen molar-refractivity contribution in [2.45, 2.75) is 12.8 Å². The first kappa shape index (κ1) is 22.0. The number of hydrogen-bond donors (Lipinski definition) is 1. The fraction of sp³-hybridized carbons (Fsp3) is 0.231. The highest BCUT2D eigenvalue weighted by atomic mass is 16.5. The highest BCUT2D eigenvalue weighted by Gasteiger charge is 2.24. The van der Waals surface area contributed by atoms with Crippen LogP contribution < -0.4 is 10.1 Å². The zero-order chi connectivity index (χ0) is 23.0. The third-order valence-corrected chi connectivity index (χ3v) is 5.71. The van der Waals surface area contributed by atoms with Crippen LogP contribution in [0.15, 0.2) is 79.3 Å². The van der Waals surface area contributed by atoms with Crippen LogP contribution >= 0.6 is 0 Å². The molecule has 0 bridgehead atoms. The van der Waals surface area contributed by atoms with Crippen molar-refractivity contribution in [2.75, 3.05) is 25.0 Å². The average molecular weight is 440 g/mol. The maximum Gasteiger partial charge on any atom is 0.263 e. The van der Waals surface area contributed by atoms with Crippen LogP contribution in [0.3, 0.4) is 0 Å². The summed E-state index contributed by atoms with van der Waals surface area (Å²) in [4.78, 5) is 22.5. The molecule has 2 aromatic carbocycles. The maximum absolute atomic E-state index is 12.1. The van der Waals surface area contributed by atoms with Crippen LogP contribution in [0.2, 0.25) is 0 Å². The van der Waals surface area contributed by atoms with Crippen molar-refractivity contribution < 1.29 is 9.53 Å². The molecule has 0 aliphatic carbocycles. The van der Waals surface area contributed by atoms with E-state index in [1.165, 1.54) is 6.33 Å². The number of nitrogens with zero attached hydrogens (tertiary/aromatic N) is 4. The Morgan fingerprint density at radius 1 is 1.12 bits per heavy atom. The lowest BCUT2D eigenvalue weighted by atomic mass is 9.96. The minimum Gasteiger partial charge on any atom is -0.457 e. The molecule has 0 atom stereocenters. The molecule has 7 nitrogen and oxygen atoms in total. The van der Waals surface area contributed by atoms with Crippen molar-refractivity contribution in [1.29, 1.82) is 5.26 Å². The predicted octanol–water partition coefficient (Wildman–Crippen LogP) is 4.67. The van der Waals surface area contributed by atoms with Crippen LogP contribution in [0.25, 0.3) is 11.1 Å². The van der Waals surface area contributed by atoms with E-state index in [2.05, 4.69) is 21.9 Å². The van der Waals surface area contributed by atoms with E-state index in [1.807, 2.05) is 60.7 Å². The Kier molecular flexibility index (Phi) is 6.96. The van der Waals surface area contributed by atoms with E-state index in [-0.39, 0.29) is 11.5 Å². The Balaban J connectivity index is 1.36. The van der Waals surface area contributed by atoms with Gasteiger partial charge in [-0.2, -0.15) is 5.26 Å². The first-order chi connectivity index (χ1) is 16.1. The summed E-state index contributed by atoms with van der Waals surface area (Å²) in [7, 11) is 0. The van der Waals surface area contributed by atoms with Gasteiger partial charge in [0, 0.05) is 31.4 Å². The van der Waals surface area contributed by atoms with Gasteiger partial charge in [0.1, 0.15) is 35.3 Å². The molecule has 1 aliphatic heterocycles. The molecule has 4 rings (SSSR count). The standard InChI is InChI=1S/C26H25N5O2/c1-19(15-27)26(32)31-13-11-20(12-14-31)16-29-25-24(17-28-18-30-25)21-7-9-23(10-8-21)33-22-5-3-2-4-6-22/h2-10,17-18,20H,1,11-14,16H2,(H,28,29,30). The van der Waals surface area contributed by atoms with Crippen molar-refractivity contribution in [3.05, 3.63) is 79.3 Å². The van der Waals surface area contributed by atoms with Gasteiger partial charge in [0.2, 0.25) is 0 Å². The molecule has 166 valence electrons. The van der Waals surface area contributed by atoms with Gasteiger partial charge in [-0.1, -0.05) is 36.9 Å². The van der Waals surface area contributed by atoms with Gasteiger partial charge >= 0.3 is 0 Å². The fourth-order valence-electron chi connectivity index (χ4n) is 3.83. The number of hydrogen-bond acceptors (Lipinski definition) is 6. The normalized spacial score (nSPS) is 13.7. The Morgan fingerprint density at radius 2 is 1.82 bits per heavy atom. The molecule has 1 amide bonds. The molecule has 0 spiro atoms. The van der Waals surface area contributed by atoms with E-state index in [9.17, 15) is 4.79 Å². The smallest absolute Gasteiger partial charge is 0.263 e. The van der Waals surface area contributed by atoms with Crippen LogP contribution in [0.5, 0.6) is 11.5 Å². The molecule has 0 radical (unpaired) electrons. The van der Waals surface area contributed by atoms with Gasteiger partial charge in [-0.3, -0.25) is 4.79 Å². The van der Waals surface area contributed by atoms with E-state index in [0.29, 0.717) is 19.0 Å². The number of nitriles is 1. The summed E-state index contributed by atoms with van der Waals surface area (Å²) < 4.78 is 5.88. The zero-order valence-electron chi connectivity index (χ0n) is 18.3. The highest BCUT2D eigenvalue weighted by molar-refractivity contribution is 5.96. The number of carbonyl (C=O) groups is 1. The van der Waals surface area contributed by atoms with Gasteiger partial charge in [0.15, 0.2) is 0 Å². The molecule has 2 heterocycles. The summed E-state index contributed by atoms with van der Waals surface area (Å²) in [6.07, 6.45) is 5.07. The summed E-state index contributed by atoms with van der Waals surface area (Å²) in [5.74, 6) is 2.48. The van der Waals surface area contributed by atoms with E-state index in [0.717, 1.165) is 47.8 Å². The number of benzene rings is 2. The number of nitrogens with one attached hydrogen (secondary N) is 1. The van der Waals surface area contributed by atoms with Crippen molar-refractivity contribution in [3.8, 4) is 28.7 Å². The van der Waals surface area contributed by atoms with Crippen molar-refractivity contribution >= 4 is 11.7 Å². The lowest BCUT2D eigenvalue weighted by Crippen LogP contribution is -2.40. The number of rotatable bonds is 7. The molecule has 1 saturated heterocycles. The molecule has 1 aromatic heterocycles. The van der Waals surface area contributed by atoms with Gasteiger partial charge < -0.3 is 15.0 Å². The third kappa shape index (κ3) is 5.55. The van der Waals surface area contributed by atoms with E-state index < -0.39 is 0 Å². The highest BCUT2D eigenvalue weighted by Crippen LogP contribution is 2.29. The maximum atomic E-state index is 12.1. The Morgan fingerprint density at radius 3 is 2.52 bits per heavy atom. The van der Waals surface area contributed by atoms with Crippen LogP contribution in [0.1, 0.15) is 12.8 Å². The summed E-state index contributed by atoms with van der Waals surface area (Å²) in [5, 5.41) is 12.3. The summed E-state index contributed by atoms with van der Waals surface area (Å²) in [6, 6.07) is 19.4. The Hall–Kier alpha value is -4.18. The number of likely N-dealkylation sites (tertiary alicyclic amines) is 1. The van der Waals surface area contributed by atoms with Crippen molar-refractivity contribution in [1.82, 2.24) is 14.9 Å². The molecule has 33 heavy (non-hydrogen) atoms. The van der Waals surface area contributed by atoms with Gasteiger partial charge in [-0.15, -0.1) is 0 Å². The molecule has 3 aromatic rings. The molecule has 1 N–H and O–H groups in total. The monoisotopic (exact) mass is 439 g/mol. The fourth-order valence-corrected chi connectivity index (χ4v) is 3.83. The van der Waals surface area contributed by atoms with E-state index >= 15 is 0 Å². The molecule has 7 heteroatoms. The number of carbonyl (C=O) groups excluding carboxylic acids is 1. The zero-order valence-corrected chi connectivity index (χ0v) is 18.3. The van der Waals surface area contributed by atoms with Gasteiger partial charge in [-0.25, -0.2) is 9.97 Å². The van der Waals surface area contributed by atoms with Crippen molar-refractivity contribution in [3.63, 3.8) is 0 Å². The first-order valence-corrected chi connectivity index (χ1v) is 10.9. The molecular formula is C26H25N5O2. The van der Waals surface area contributed by atoms with E-state index in [4.69, 9.17) is 10.00 Å². The van der Waals surface area contributed by atoms with Crippen LogP contribution in [-0.2, 0) is 4.79 Å². The third-order valence-electron chi connectivity index (χ3n) is 5.71. The largest absolute Gasteiger partial charge is 0.457 e. The molecule has 1 aliphatic rings. The Bertz CT molecular complexity index is 1150. The SMILES string of the molecule is C=C(C#N)C(=O)N1CCC(CNc2ncncc2-c2ccc(Oc3ccccc3)cc2)CC1. The average Bonchev–Trinajstić information content (AvgIpc) is 2.88. The summed E-state index contributed by atoms with van der Waals surface area (Å²) >= 11 is 0. The lowest BCUT2D eigenvalue weighted by Gasteiger charge is -2.32. The second kappa shape index (κ2) is 10.4. The number of ether oxygens (including phenoxy) is 1. The second-order valence-electron chi connectivity index (χ2n) is 7.93. The number of anilines is 1. The Labute approximate surface area is 193 Å². The first-order valence-electron chi connectivity index (χ1n) is 10.9. The number of aromatic nitrogens is 2. The summed E-state index contributed by atoms with van der Waals surface area (Å²) in [5.41, 5.74) is 1.91. The van der Waals surface area contributed by atoms with Crippen LogP contribution in [-0.4, -0.2) is 40.4 Å². The van der Waals surface area contributed by atoms with Gasteiger partial charge in [0.25, 0.3) is 5.91 Å².